The number of amides is 2. The maximum atomic E-state index is 11.9. The van der Waals surface area contributed by atoms with Gasteiger partial charge in [-0.25, -0.2) is 0 Å². The summed E-state index contributed by atoms with van der Waals surface area (Å²) in [4.78, 5) is 24.8. The van der Waals surface area contributed by atoms with Crippen LogP contribution < -0.4 is 5.32 Å². The van der Waals surface area contributed by atoms with Crippen LogP contribution in [0.5, 0.6) is 0 Å². The first kappa shape index (κ1) is 16.3. The molecule has 1 rings (SSSR count). The number of hydrogen-bond donors (Lipinski definition) is 1. The Morgan fingerprint density at radius 2 is 2.11 bits per heavy atom. The van der Waals surface area contributed by atoms with Crippen molar-refractivity contribution in [3.63, 3.8) is 0 Å². The molecule has 0 aromatic rings. The standard InChI is InChI=1S/C11H17F3N2O2S/c1-3-7(2)16-9(17)6-8(10(16)18)15-4-5-19-11(12,13)14/h7-8,15H,3-6H2,1-2H3. The van der Waals surface area contributed by atoms with E-state index in [1.165, 1.54) is 4.90 Å². The summed E-state index contributed by atoms with van der Waals surface area (Å²) in [5.74, 6) is -0.776. The number of hydrogen-bond acceptors (Lipinski definition) is 4. The summed E-state index contributed by atoms with van der Waals surface area (Å²) in [7, 11) is 0. The molecule has 19 heavy (non-hydrogen) atoms. The number of imide groups is 1. The zero-order valence-electron chi connectivity index (χ0n) is 10.8. The zero-order valence-corrected chi connectivity index (χ0v) is 11.6. The van der Waals surface area contributed by atoms with Crippen molar-refractivity contribution in [1.82, 2.24) is 10.2 Å². The average Bonchev–Trinajstić information content (AvgIpc) is 2.58. The summed E-state index contributed by atoms with van der Waals surface area (Å²) >= 11 is -0.142. The lowest BCUT2D eigenvalue weighted by atomic mass is 10.2. The van der Waals surface area contributed by atoms with Gasteiger partial charge in [0.05, 0.1) is 12.5 Å². The highest BCUT2D eigenvalue weighted by atomic mass is 32.2. The third-order valence-corrected chi connectivity index (χ3v) is 3.71. The number of carbonyl (C=O) groups is 2. The van der Waals surface area contributed by atoms with Gasteiger partial charge in [-0.3, -0.25) is 14.5 Å². The molecule has 0 aromatic heterocycles. The lowest BCUT2D eigenvalue weighted by Gasteiger charge is -2.21. The number of nitrogens with one attached hydrogen (secondary N) is 1. The molecule has 1 saturated heterocycles. The molecule has 0 aromatic carbocycles. The number of carbonyl (C=O) groups excluding carboxylic acids is 2. The largest absolute Gasteiger partial charge is 0.441 e. The van der Waals surface area contributed by atoms with Gasteiger partial charge in [0.25, 0.3) is 0 Å². The van der Waals surface area contributed by atoms with Crippen LogP contribution in [0.1, 0.15) is 26.7 Å². The van der Waals surface area contributed by atoms with Gasteiger partial charge in [-0.1, -0.05) is 6.92 Å². The first-order valence-corrected chi connectivity index (χ1v) is 7.04. The summed E-state index contributed by atoms with van der Waals surface area (Å²) < 4.78 is 35.7. The van der Waals surface area contributed by atoms with Crippen molar-refractivity contribution in [2.45, 2.75) is 44.3 Å². The molecule has 1 fully saturated rings. The summed E-state index contributed by atoms with van der Waals surface area (Å²) in [6.45, 7) is 3.69. The Morgan fingerprint density at radius 1 is 1.47 bits per heavy atom. The predicted molar refractivity (Wildman–Crippen MR) is 66.5 cm³/mol. The molecule has 2 atom stereocenters. The van der Waals surface area contributed by atoms with Crippen LogP contribution in [0.3, 0.4) is 0 Å². The molecule has 1 heterocycles. The molecule has 110 valence electrons. The first-order chi connectivity index (χ1) is 8.76. The summed E-state index contributed by atoms with van der Waals surface area (Å²) in [5, 5.41) is 2.71. The van der Waals surface area contributed by atoms with Gasteiger partial charge in [-0.05, 0) is 25.1 Å². The molecule has 1 N–H and O–H groups in total. The van der Waals surface area contributed by atoms with Crippen molar-refractivity contribution < 1.29 is 22.8 Å². The minimum atomic E-state index is -4.26. The number of nitrogens with zero attached hydrogens (tertiary/aromatic N) is 1. The van der Waals surface area contributed by atoms with Gasteiger partial charge >= 0.3 is 5.51 Å². The normalized spacial score (nSPS) is 22.2. The molecule has 1 aliphatic rings. The van der Waals surface area contributed by atoms with E-state index in [2.05, 4.69) is 5.32 Å². The molecule has 2 amide bonds. The highest BCUT2D eigenvalue weighted by molar-refractivity contribution is 8.00. The van der Waals surface area contributed by atoms with Gasteiger partial charge in [0.1, 0.15) is 0 Å². The van der Waals surface area contributed by atoms with E-state index in [-0.39, 0.29) is 48.3 Å². The zero-order chi connectivity index (χ0) is 14.6. The molecule has 0 bridgehead atoms. The second-order valence-corrected chi connectivity index (χ2v) is 5.52. The fourth-order valence-corrected chi connectivity index (χ4v) is 2.31. The Balaban J connectivity index is 2.41. The number of alkyl halides is 3. The Bertz CT molecular complexity index is 349. The van der Waals surface area contributed by atoms with E-state index in [9.17, 15) is 22.8 Å². The SMILES string of the molecule is CCC(C)N1C(=O)CC(NCCSC(F)(F)F)C1=O. The van der Waals surface area contributed by atoms with Crippen LogP contribution in [-0.4, -0.2) is 46.6 Å². The highest BCUT2D eigenvalue weighted by Gasteiger charge is 2.40. The fourth-order valence-electron chi connectivity index (χ4n) is 1.86. The molecular weight excluding hydrogens is 281 g/mol. The van der Waals surface area contributed by atoms with Crippen molar-refractivity contribution in [3.05, 3.63) is 0 Å². The van der Waals surface area contributed by atoms with E-state index < -0.39 is 11.6 Å². The van der Waals surface area contributed by atoms with E-state index in [4.69, 9.17) is 0 Å². The van der Waals surface area contributed by atoms with E-state index in [0.717, 1.165) is 0 Å². The Kier molecular flexibility index (Phi) is 5.66. The Morgan fingerprint density at radius 3 is 2.63 bits per heavy atom. The van der Waals surface area contributed by atoms with E-state index in [1.807, 2.05) is 6.92 Å². The van der Waals surface area contributed by atoms with Crippen molar-refractivity contribution in [3.8, 4) is 0 Å². The van der Waals surface area contributed by atoms with Gasteiger partial charge in [-0.2, -0.15) is 13.2 Å². The van der Waals surface area contributed by atoms with Crippen molar-refractivity contribution in [1.29, 1.82) is 0 Å². The van der Waals surface area contributed by atoms with Crippen molar-refractivity contribution >= 4 is 23.6 Å². The minimum Gasteiger partial charge on any atom is -0.305 e. The van der Waals surface area contributed by atoms with Crippen LogP contribution in [0, 0.1) is 0 Å². The lowest BCUT2D eigenvalue weighted by molar-refractivity contribution is -0.141. The highest BCUT2D eigenvalue weighted by Crippen LogP contribution is 2.29. The fraction of sp³-hybridized carbons (Fsp3) is 0.818. The van der Waals surface area contributed by atoms with Crippen molar-refractivity contribution in [2.24, 2.45) is 0 Å². The third kappa shape index (κ3) is 4.68. The molecule has 0 radical (unpaired) electrons. The maximum Gasteiger partial charge on any atom is 0.441 e. The van der Waals surface area contributed by atoms with Gasteiger partial charge in [0, 0.05) is 18.3 Å². The van der Waals surface area contributed by atoms with Crippen LogP contribution in [-0.2, 0) is 9.59 Å². The predicted octanol–water partition coefficient (Wildman–Crippen LogP) is 1.75. The lowest BCUT2D eigenvalue weighted by Crippen LogP contribution is -2.43. The third-order valence-electron chi connectivity index (χ3n) is 2.97. The summed E-state index contributed by atoms with van der Waals surface area (Å²) in [5.41, 5.74) is -4.26. The molecule has 4 nitrogen and oxygen atoms in total. The number of rotatable bonds is 6. The van der Waals surface area contributed by atoms with E-state index in [1.54, 1.807) is 6.92 Å². The molecule has 0 aliphatic carbocycles. The van der Waals surface area contributed by atoms with Crippen LogP contribution in [0.4, 0.5) is 13.2 Å². The van der Waals surface area contributed by atoms with Gasteiger partial charge in [0.2, 0.25) is 11.8 Å². The Labute approximate surface area is 114 Å². The second-order valence-electron chi connectivity index (χ2n) is 4.36. The smallest absolute Gasteiger partial charge is 0.305 e. The molecular formula is C11H17F3N2O2S. The average molecular weight is 298 g/mol. The minimum absolute atomic E-state index is 0.0276. The van der Waals surface area contributed by atoms with Crippen LogP contribution >= 0.6 is 11.8 Å². The van der Waals surface area contributed by atoms with Crippen molar-refractivity contribution in [2.75, 3.05) is 12.3 Å². The number of halogens is 3. The van der Waals surface area contributed by atoms with Crippen LogP contribution in [0.2, 0.25) is 0 Å². The summed E-state index contributed by atoms with van der Waals surface area (Å²) in [6, 6.07) is -0.855. The Hall–Kier alpha value is -0.760. The molecule has 8 heteroatoms. The van der Waals surface area contributed by atoms with Gasteiger partial charge in [-0.15, -0.1) is 0 Å². The topological polar surface area (TPSA) is 49.4 Å². The molecule has 2 unspecified atom stereocenters. The second kappa shape index (κ2) is 6.60. The van der Waals surface area contributed by atoms with Gasteiger partial charge < -0.3 is 5.32 Å². The monoisotopic (exact) mass is 298 g/mol. The number of likely N-dealkylation sites (tertiary alicyclic amines) is 1. The summed E-state index contributed by atoms with van der Waals surface area (Å²) in [6.07, 6.45) is 0.688. The number of thioether (sulfide) groups is 1. The van der Waals surface area contributed by atoms with Crippen LogP contribution in [0.25, 0.3) is 0 Å². The van der Waals surface area contributed by atoms with E-state index >= 15 is 0 Å². The molecule has 0 saturated carbocycles. The van der Waals surface area contributed by atoms with Crippen LogP contribution in [0.15, 0.2) is 0 Å². The molecule has 1 aliphatic heterocycles. The molecule has 0 spiro atoms. The maximum absolute atomic E-state index is 11.9. The van der Waals surface area contributed by atoms with Gasteiger partial charge in [0.15, 0.2) is 0 Å². The quantitative estimate of drug-likeness (QED) is 0.599. The first-order valence-electron chi connectivity index (χ1n) is 6.06. The van der Waals surface area contributed by atoms with E-state index in [0.29, 0.717) is 6.42 Å².